The molecule has 0 saturated heterocycles. The van der Waals surface area contributed by atoms with Crippen LogP contribution >= 0.6 is 11.6 Å². The van der Waals surface area contributed by atoms with Crippen LogP contribution in [0.4, 0.5) is 0 Å². The molecule has 0 saturated carbocycles. The zero-order valence-electron chi connectivity index (χ0n) is 16.4. The Morgan fingerprint density at radius 3 is 2.68 bits per heavy atom. The Kier molecular flexibility index (Phi) is 5.65. The number of rotatable bonds is 4. The minimum absolute atomic E-state index is 0.0354. The molecule has 0 unspecified atom stereocenters. The van der Waals surface area contributed by atoms with Crippen LogP contribution < -0.4 is 20.3 Å². The highest BCUT2D eigenvalue weighted by atomic mass is 35.5. The third-order valence-corrected chi connectivity index (χ3v) is 4.67. The van der Waals surface area contributed by atoms with Crippen molar-refractivity contribution < 1.29 is 14.3 Å². The van der Waals surface area contributed by atoms with Crippen molar-refractivity contribution >= 4 is 17.5 Å². The standard InChI is InChI=1S/C20H24ClN3O4/c1-11-15(18(26)24-19(23-11)20(2,3)4)17(25)22-6-5-12-9-13(21)16-14(10-12)27-7-8-28-16/h9-10H,5-8H2,1-4H3,(H,22,25)(H,23,24,26). The molecule has 1 aliphatic heterocycles. The maximum Gasteiger partial charge on any atom is 0.264 e. The first kappa shape index (κ1) is 20.2. The second-order valence-electron chi connectivity index (χ2n) is 7.73. The predicted octanol–water partition coefficient (Wildman–Crippen LogP) is 2.77. The maximum absolute atomic E-state index is 12.5. The molecule has 0 bridgehead atoms. The van der Waals surface area contributed by atoms with Gasteiger partial charge >= 0.3 is 0 Å². The zero-order chi connectivity index (χ0) is 20.5. The summed E-state index contributed by atoms with van der Waals surface area (Å²) in [6.07, 6.45) is 0.534. The first-order valence-electron chi connectivity index (χ1n) is 9.14. The molecule has 2 heterocycles. The van der Waals surface area contributed by atoms with Crippen LogP contribution in [0.3, 0.4) is 0 Å². The van der Waals surface area contributed by atoms with E-state index < -0.39 is 11.5 Å². The van der Waals surface area contributed by atoms with Gasteiger partial charge in [-0.2, -0.15) is 0 Å². The van der Waals surface area contributed by atoms with Crippen LogP contribution in [0.1, 0.15) is 48.2 Å². The number of carbonyl (C=O) groups is 1. The SMILES string of the molecule is Cc1nc(C(C)(C)C)[nH]c(=O)c1C(=O)NCCc1cc(Cl)c2c(c1)OCCO2. The summed E-state index contributed by atoms with van der Waals surface area (Å²) in [6, 6.07) is 3.64. The lowest BCUT2D eigenvalue weighted by Crippen LogP contribution is -2.34. The van der Waals surface area contributed by atoms with E-state index in [0.717, 1.165) is 5.56 Å². The Hall–Kier alpha value is -2.54. The van der Waals surface area contributed by atoms with E-state index in [0.29, 0.717) is 54.2 Å². The van der Waals surface area contributed by atoms with Crippen LogP contribution in [0.15, 0.2) is 16.9 Å². The number of aromatic nitrogens is 2. The number of carbonyl (C=O) groups excluding carboxylic acids is 1. The molecule has 2 aromatic rings. The number of hydrogen-bond donors (Lipinski definition) is 2. The van der Waals surface area contributed by atoms with Crippen LogP contribution in [0, 0.1) is 6.92 Å². The van der Waals surface area contributed by atoms with Crippen LogP contribution in [0.2, 0.25) is 5.02 Å². The monoisotopic (exact) mass is 405 g/mol. The number of halogens is 1. The number of nitrogens with zero attached hydrogens (tertiary/aromatic N) is 1. The van der Waals surface area contributed by atoms with Crippen molar-refractivity contribution in [1.29, 1.82) is 0 Å². The van der Waals surface area contributed by atoms with Gasteiger partial charge < -0.3 is 19.8 Å². The Labute approximate surface area is 168 Å². The molecule has 0 aliphatic carbocycles. The molecule has 8 heteroatoms. The Balaban J connectivity index is 1.68. The Morgan fingerprint density at radius 2 is 2.00 bits per heavy atom. The molecule has 1 aromatic carbocycles. The summed E-state index contributed by atoms with van der Waals surface area (Å²) >= 11 is 6.23. The summed E-state index contributed by atoms with van der Waals surface area (Å²) in [7, 11) is 0. The largest absolute Gasteiger partial charge is 0.486 e. The number of nitrogens with one attached hydrogen (secondary N) is 2. The van der Waals surface area contributed by atoms with Gasteiger partial charge in [0, 0.05) is 12.0 Å². The summed E-state index contributed by atoms with van der Waals surface area (Å²) in [4.78, 5) is 32.0. The van der Waals surface area contributed by atoms with E-state index >= 15 is 0 Å². The number of aryl methyl sites for hydroxylation is 1. The van der Waals surface area contributed by atoms with Crippen molar-refractivity contribution in [2.24, 2.45) is 0 Å². The fourth-order valence-electron chi connectivity index (χ4n) is 2.93. The topological polar surface area (TPSA) is 93.3 Å². The Bertz CT molecular complexity index is 963. The minimum atomic E-state index is -0.449. The van der Waals surface area contributed by atoms with Gasteiger partial charge in [-0.1, -0.05) is 32.4 Å². The molecule has 7 nitrogen and oxygen atoms in total. The summed E-state index contributed by atoms with van der Waals surface area (Å²) in [5, 5.41) is 3.25. The quantitative estimate of drug-likeness (QED) is 0.815. The first-order chi connectivity index (χ1) is 13.2. The lowest BCUT2D eigenvalue weighted by atomic mass is 9.95. The van der Waals surface area contributed by atoms with E-state index in [-0.39, 0.29) is 11.0 Å². The molecular formula is C20H24ClN3O4. The normalized spacial score (nSPS) is 13.3. The average molecular weight is 406 g/mol. The van der Waals surface area contributed by atoms with Gasteiger partial charge in [0.15, 0.2) is 11.5 Å². The molecule has 2 N–H and O–H groups in total. The molecule has 1 aromatic heterocycles. The fourth-order valence-corrected chi connectivity index (χ4v) is 3.21. The maximum atomic E-state index is 12.5. The van der Waals surface area contributed by atoms with Crippen LogP contribution in [-0.4, -0.2) is 35.6 Å². The number of benzene rings is 1. The summed E-state index contributed by atoms with van der Waals surface area (Å²) in [5.74, 6) is 1.26. The van der Waals surface area contributed by atoms with Gasteiger partial charge in [0.2, 0.25) is 0 Å². The van der Waals surface area contributed by atoms with Crippen LogP contribution in [-0.2, 0) is 11.8 Å². The van der Waals surface area contributed by atoms with E-state index in [9.17, 15) is 9.59 Å². The van der Waals surface area contributed by atoms with Gasteiger partial charge in [-0.25, -0.2) is 4.98 Å². The zero-order valence-corrected chi connectivity index (χ0v) is 17.2. The number of hydrogen-bond acceptors (Lipinski definition) is 5. The fraction of sp³-hybridized carbons (Fsp3) is 0.450. The molecule has 28 heavy (non-hydrogen) atoms. The molecule has 150 valence electrons. The highest BCUT2D eigenvalue weighted by Gasteiger charge is 2.22. The molecule has 1 amide bonds. The average Bonchev–Trinajstić information content (AvgIpc) is 2.60. The third-order valence-electron chi connectivity index (χ3n) is 4.39. The number of H-pyrrole nitrogens is 1. The number of amides is 1. The van der Waals surface area contributed by atoms with E-state index in [1.807, 2.05) is 26.8 Å². The van der Waals surface area contributed by atoms with E-state index in [1.54, 1.807) is 13.0 Å². The molecular weight excluding hydrogens is 382 g/mol. The van der Waals surface area contributed by atoms with Crippen molar-refractivity contribution in [2.75, 3.05) is 19.8 Å². The summed E-state index contributed by atoms with van der Waals surface area (Å²) in [5.41, 5.74) is 0.608. The van der Waals surface area contributed by atoms with E-state index in [2.05, 4.69) is 15.3 Å². The lowest BCUT2D eigenvalue weighted by molar-refractivity contribution is 0.0951. The van der Waals surface area contributed by atoms with Gasteiger partial charge in [-0.05, 0) is 31.0 Å². The second kappa shape index (κ2) is 7.83. The molecule has 0 fully saturated rings. The van der Waals surface area contributed by atoms with Gasteiger partial charge in [-0.3, -0.25) is 9.59 Å². The molecule has 1 aliphatic rings. The molecule has 0 spiro atoms. The predicted molar refractivity (Wildman–Crippen MR) is 107 cm³/mol. The lowest BCUT2D eigenvalue weighted by Gasteiger charge is -2.20. The number of aromatic amines is 1. The van der Waals surface area contributed by atoms with Crippen molar-refractivity contribution in [3.63, 3.8) is 0 Å². The molecule has 3 rings (SSSR count). The van der Waals surface area contributed by atoms with Crippen molar-refractivity contribution in [3.8, 4) is 11.5 Å². The summed E-state index contributed by atoms with van der Waals surface area (Å²) < 4.78 is 11.1. The van der Waals surface area contributed by atoms with Gasteiger partial charge in [-0.15, -0.1) is 0 Å². The van der Waals surface area contributed by atoms with Gasteiger partial charge in [0.05, 0.1) is 10.7 Å². The highest BCUT2D eigenvalue weighted by molar-refractivity contribution is 6.32. The molecule has 0 atom stereocenters. The number of ether oxygens (including phenoxy) is 2. The minimum Gasteiger partial charge on any atom is -0.486 e. The second-order valence-corrected chi connectivity index (χ2v) is 8.14. The van der Waals surface area contributed by atoms with Crippen molar-refractivity contribution in [3.05, 3.63) is 50.2 Å². The van der Waals surface area contributed by atoms with Gasteiger partial charge in [0.25, 0.3) is 11.5 Å². The summed E-state index contributed by atoms with van der Waals surface area (Å²) in [6.45, 7) is 8.80. The molecule has 0 radical (unpaired) electrons. The first-order valence-corrected chi connectivity index (χ1v) is 9.52. The van der Waals surface area contributed by atoms with Crippen molar-refractivity contribution in [2.45, 2.75) is 39.5 Å². The van der Waals surface area contributed by atoms with E-state index in [1.165, 1.54) is 0 Å². The highest BCUT2D eigenvalue weighted by Crippen LogP contribution is 2.38. The number of fused-ring (bicyclic) bond motifs is 1. The van der Waals surface area contributed by atoms with Gasteiger partial charge in [0.1, 0.15) is 24.6 Å². The van der Waals surface area contributed by atoms with Crippen LogP contribution in [0.5, 0.6) is 11.5 Å². The van der Waals surface area contributed by atoms with E-state index in [4.69, 9.17) is 21.1 Å². The van der Waals surface area contributed by atoms with Crippen molar-refractivity contribution in [1.82, 2.24) is 15.3 Å². The smallest absolute Gasteiger partial charge is 0.264 e. The van der Waals surface area contributed by atoms with Crippen LogP contribution in [0.25, 0.3) is 0 Å². The Morgan fingerprint density at radius 1 is 1.29 bits per heavy atom. The third kappa shape index (κ3) is 4.30.